The molecule has 0 fully saturated rings. The van der Waals surface area contributed by atoms with Gasteiger partial charge in [-0.15, -0.1) is 0 Å². The largest absolute Gasteiger partial charge is 0.307 e. The molecule has 0 spiro atoms. The molecule has 0 bridgehead atoms. The number of rotatable bonds is 0. The normalized spacial score (nSPS) is 25.1. The maximum absolute atomic E-state index is 8.00. The number of carbonyl (C=O) groups excluding carboxylic acids is 1. The molecule has 0 heterocycles. The van der Waals surface area contributed by atoms with Crippen LogP contribution >= 0.6 is 0 Å². The lowest BCUT2D eigenvalue weighted by Crippen LogP contribution is -1.94. The lowest BCUT2D eigenvalue weighted by molar-refractivity contribution is -0.0979. The molecule has 0 amide bonds. The van der Waals surface area contributed by atoms with Crippen LogP contribution in [0.15, 0.2) is 36.0 Å². The van der Waals surface area contributed by atoms with Crippen LogP contribution in [0.5, 0.6) is 0 Å². The van der Waals surface area contributed by atoms with Crippen molar-refractivity contribution < 1.29 is 4.79 Å². The summed E-state index contributed by atoms with van der Waals surface area (Å²) in [5, 5.41) is 0. The van der Waals surface area contributed by atoms with Crippen LogP contribution in [-0.2, 0) is 4.79 Å². The van der Waals surface area contributed by atoms with Crippen molar-refractivity contribution in [2.45, 2.75) is 6.42 Å². The molecule has 0 saturated carbocycles. The second-order valence-corrected chi connectivity index (χ2v) is 2.49. The summed E-state index contributed by atoms with van der Waals surface area (Å²) in [5.41, 5.74) is 1.47. The van der Waals surface area contributed by atoms with Crippen molar-refractivity contribution in [3.05, 3.63) is 42.4 Å². The lowest BCUT2D eigenvalue weighted by atomic mass is 9.97. The molecule has 0 N–H and O–H groups in total. The van der Waals surface area contributed by atoms with E-state index in [2.05, 4.69) is 36.8 Å². The van der Waals surface area contributed by atoms with Gasteiger partial charge in [0.25, 0.3) is 0 Å². The second-order valence-electron chi connectivity index (χ2n) is 2.49. The van der Waals surface area contributed by atoms with Crippen molar-refractivity contribution in [1.29, 1.82) is 0 Å². The first-order valence-electron chi connectivity index (χ1n) is 3.64. The Balaban J connectivity index is 0.000000281. The number of hydrogen-bond donors (Lipinski definition) is 0. The third-order valence-corrected chi connectivity index (χ3v) is 1.87. The van der Waals surface area contributed by atoms with E-state index in [4.69, 9.17) is 4.79 Å². The molecule has 1 nitrogen and oxygen atoms in total. The molecule has 1 unspecified atom stereocenters. The molecule has 0 aliphatic heterocycles. The number of fused-ring (bicyclic) bond motifs is 1. The summed E-state index contributed by atoms with van der Waals surface area (Å²) in [4.78, 5) is 8.00. The van der Waals surface area contributed by atoms with Gasteiger partial charge < -0.3 is 4.79 Å². The van der Waals surface area contributed by atoms with E-state index in [0.29, 0.717) is 5.92 Å². The Kier molecular flexibility index (Phi) is 2.84. The summed E-state index contributed by atoms with van der Waals surface area (Å²) in [7, 11) is 0. The molecule has 0 aromatic rings. The van der Waals surface area contributed by atoms with Gasteiger partial charge in [-0.05, 0) is 18.4 Å². The van der Waals surface area contributed by atoms with Crippen LogP contribution in [0.4, 0.5) is 0 Å². The molecule has 2 rings (SSSR count). The molecule has 1 heteroatoms. The van der Waals surface area contributed by atoms with Crippen LogP contribution in [0.25, 0.3) is 0 Å². The fourth-order valence-corrected chi connectivity index (χ4v) is 1.34. The summed E-state index contributed by atoms with van der Waals surface area (Å²) < 4.78 is 0. The quantitative estimate of drug-likeness (QED) is 0.512. The Morgan fingerprint density at radius 1 is 1.36 bits per heavy atom. The van der Waals surface area contributed by atoms with Crippen LogP contribution in [0.2, 0.25) is 0 Å². The molecule has 1 radical (unpaired) electrons. The number of carbonyl (C=O) groups is 1. The Bertz CT molecular complexity index is 208. The fourth-order valence-electron chi connectivity index (χ4n) is 1.34. The Morgan fingerprint density at radius 3 is 2.91 bits per heavy atom. The topological polar surface area (TPSA) is 17.1 Å². The zero-order valence-corrected chi connectivity index (χ0v) is 6.36. The highest BCUT2D eigenvalue weighted by molar-refractivity contribution is 5.38. The predicted octanol–water partition coefficient (Wildman–Crippen LogP) is 2.08. The average molecular weight is 147 g/mol. The van der Waals surface area contributed by atoms with Crippen LogP contribution < -0.4 is 0 Å². The molecular weight excluding hydrogens is 136 g/mol. The third-order valence-electron chi connectivity index (χ3n) is 1.87. The highest BCUT2D eigenvalue weighted by Crippen LogP contribution is 2.29. The first-order valence-corrected chi connectivity index (χ1v) is 3.64. The Morgan fingerprint density at radius 2 is 2.18 bits per heavy atom. The molecule has 2 aliphatic rings. The lowest BCUT2D eigenvalue weighted by Gasteiger charge is -2.07. The fraction of sp³-hybridized carbons (Fsp3) is 0.200. The molecule has 1 atom stereocenters. The summed E-state index contributed by atoms with van der Waals surface area (Å²) in [6, 6.07) is 0. The van der Waals surface area contributed by atoms with E-state index in [9.17, 15) is 0 Å². The van der Waals surface area contributed by atoms with Crippen LogP contribution in [0, 0.1) is 12.3 Å². The minimum Gasteiger partial charge on any atom is -0.307 e. The highest BCUT2D eigenvalue weighted by atomic mass is 16.1. The molecule has 0 aromatic carbocycles. The van der Waals surface area contributed by atoms with Crippen molar-refractivity contribution in [1.82, 2.24) is 0 Å². The van der Waals surface area contributed by atoms with Crippen molar-refractivity contribution in [3.8, 4) is 0 Å². The highest BCUT2D eigenvalue weighted by Gasteiger charge is 2.14. The average Bonchev–Trinajstić information content (AvgIpc) is 2.55. The van der Waals surface area contributed by atoms with E-state index in [-0.39, 0.29) is 0 Å². The van der Waals surface area contributed by atoms with Gasteiger partial charge in [0.05, 0.1) is 0 Å². The number of allylic oxidation sites excluding steroid dienone is 6. The first-order chi connectivity index (χ1) is 5.47. The zero-order chi connectivity index (χ0) is 8.10. The van der Waals surface area contributed by atoms with Crippen molar-refractivity contribution >= 4 is 6.79 Å². The number of hydrogen-bond acceptors (Lipinski definition) is 1. The first kappa shape index (κ1) is 7.99. The Labute approximate surface area is 67.1 Å². The monoisotopic (exact) mass is 147 g/mol. The summed E-state index contributed by atoms with van der Waals surface area (Å²) in [6.45, 7) is 2.00. The van der Waals surface area contributed by atoms with Gasteiger partial charge in [-0.2, -0.15) is 0 Å². The SMILES string of the molecule is C=O.[CH]1C=C2C=CC=CC2C1. The third kappa shape index (κ3) is 1.67. The molecule has 0 aromatic heterocycles. The van der Waals surface area contributed by atoms with Crippen LogP contribution in [-0.4, -0.2) is 6.79 Å². The van der Waals surface area contributed by atoms with E-state index in [1.54, 1.807) is 0 Å². The molecule has 2 aliphatic carbocycles. The van der Waals surface area contributed by atoms with Gasteiger partial charge in [0, 0.05) is 5.92 Å². The van der Waals surface area contributed by atoms with Crippen molar-refractivity contribution in [3.63, 3.8) is 0 Å². The van der Waals surface area contributed by atoms with E-state index in [0.717, 1.165) is 0 Å². The van der Waals surface area contributed by atoms with Gasteiger partial charge >= 0.3 is 0 Å². The minimum absolute atomic E-state index is 0.704. The van der Waals surface area contributed by atoms with Gasteiger partial charge in [-0.1, -0.05) is 30.4 Å². The van der Waals surface area contributed by atoms with Gasteiger partial charge in [0.2, 0.25) is 0 Å². The van der Waals surface area contributed by atoms with Crippen molar-refractivity contribution in [2.75, 3.05) is 0 Å². The molecule has 57 valence electrons. The molecular formula is C10H11O. The van der Waals surface area contributed by atoms with Crippen molar-refractivity contribution in [2.24, 2.45) is 5.92 Å². The minimum atomic E-state index is 0.704. The second kappa shape index (κ2) is 3.91. The maximum Gasteiger partial charge on any atom is 0.106 e. The predicted molar refractivity (Wildman–Crippen MR) is 45.9 cm³/mol. The van der Waals surface area contributed by atoms with Gasteiger partial charge in [-0.25, -0.2) is 0 Å². The summed E-state index contributed by atoms with van der Waals surface area (Å²) in [6.07, 6.45) is 14.3. The maximum atomic E-state index is 8.00. The van der Waals surface area contributed by atoms with Crippen LogP contribution in [0.3, 0.4) is 0 Å². The standard InChI is InChI=1S/C9H9.CH2O/c1-2-5-9-7-3-6-8(9)4-1;1-2/h1-6,9H,7H2;1H2. The van der Waals surface area contributed by atoms with Gasteiger partial charge in [-0.3, -0.25) is 0 Å². The summed E-state index contributed by atoms with van der Waals surface area (Å²) in [5.74, 6) is 0.704. The Hall–Kier alpha value is -1.11. The smallest absolute Gasteiger partial charge is 0.106 e. The van der Waals surface area contributed by atoms with E-state index in [1.807, 2.05) is 6.79 Å². The van der Waals surface area contributed by atoms with Gasteiger partial charge in [0.1, 0.15) is 6.79 Å². The van der Waals surface area contributed by atoms with E-state index >= 15 is 0 Å². The van der Waals surface area contributed by atoms with E-state index in [1.165, 1.54) is 12.0 Å². The summed E-state index contributed by atoms with van der Waals surface area (Å²) >= 11 is 0. The van der Waals surface area contributed by atoms with Crippen LogP contribution in [0.1, 0.15) is 6.42 Å². The molecule has 0 saturated heterocycles. The van der Waals surface area contributed by atoms with Gasteiger partial charge in [0.15, 0.2) is 0 Å². The molecule has 11 heavy (non-hydrogen) atoms. The zero-order valence-electron chi connectivity index (χ0n) is 6.36. The van der Waals surface area contributed by atoms with E-state index < -0.39 is 0 Å².